The van der Waals surface area contributed by atoms with E-state index in [-0.39, 0.29) is 13.2 Å². The molecule has 2 rings (SSSR count). The zero-order valence-electron chi connectivity index (χ0n) is 12.7. The Morgan fingerprint density at radius 1 is 1.17 bits per heavy atom. The molecule has 2 aromatic rings. The highest BCUT2D eigenvalue weighted by atomic mass is 35.5. The minimum Gasteiger partial charge on any atom is -0.394 e. The van der Waals surface area contributed by atoms with Crippen LogP contribution in [0.15, 0.2) is 54.6 Å². The van der Waals surface area contributed by atoms with Gasteiger partial charge in [-0.2, -0.15) is 0 Å². The van der Waals surface area contributed by atoms with E-state index in [0.29, 0.717) is 11.6 Å². The molecule has 0 heterocycles. The summed E-state index contributed by atoms with van der Waals surface area (Å²) < 4.78 is 5.25. The molecule has 1 unspecified atom stereocenters. The van der Waals surface area contributed by atoms with Gasteiger partial charge in [-0.15, -0.1) is 0 Å². The Labute approximate surface area is 141 Å². The SMILES string of the molecule is OCC(O)COC/C=C/c1ccccc1Nc1cccc(Cl)c1. The summed E-state index contributed by atoms with van der Waals surface area (Å²) in [4.78, 5) is 0. The summed E-state index contributed by atoms with van der Waals surface area (Å²) in [5.74, 6) is 0. The van der Waals surface area contributed by atoms with Gasteiger partial charge >= 0.3 is 0 Å². The third-order valence-corrected chi connectivity index (χ3v) is 3.33. The lowest BCUT2D eigenvalue weighted by Crippen LogP contribution is -2.19. The number of nitrogens with one attached hydrogen (secondary N) is 1. The minimum absolute atomic E-state index is 0.114. The number of rotatable bonds is 8. The van der Waals surface area contributed by atoms with E-state index in [0.717, 1.165) is 16.9 Å². The maximum absolute atomic E-state index is 9.19. The second-order valence-corrected chi connectivity index (χ2v) is 5.44. The number of para-hydroxylation sites is 1. The lowest BCUT2D eigenvalue weighted by atomic mass is 10.1. The molecule has 0 fully saturated rings. The molecular weight excluding hydrogens is 314 g/mol. The van der Waals surface area contributed by atoms with E-state index in [1.54, 1.807) is 0 Å². The average Bonchev–Trinajstić information content (AvgIpc) is 2.56. The molecule has 0 aliphatic heterocycles. The highest BCUT2D eigenvalue weighted by Gasteiger charge is 2.01. The normalized spacial score (nSPS) is 12.5. The number of hydrogen-bond acceptors (Lipinski definition) is 4. The molecule has 0 saturated carbocycles. The van der Waals surface area contributed by atoms with E-state index >= 15 is 0 Å². The van der Waals surface area contributed by atoms with E-state index in [4.69, 9.17) is 21.4 Å². The lowest BCUT2D eigenvalue weighted by Gasteiger charge is -2.10. The molecule has 4 nitrogen and oxygen atoms in total. The first-order chi connectivity index (χ1) is 11.2. The first-order valence-electron chi connectivity index (χ1n) is 7.34. The molecule has 0 radical (unpaired) electrons. The van der Waals surface area contributed by atoms with E-state index in [1.807, 2.05) is 60.7 Å². The Balaban J connectivity index is 1.97. The van der Waals surface area contributed by atoms with Crippen LogP contribution in [0.5, 0.6) is 0 Å². The number of halogens is 1. The van der Waals surface area contributed by atoms with Crippen molar-refractivity contribution in [1.82, 2.24) is 0 Å². The second-order valence-electron chi connectivity index (χ2n) is 5.00. The number of benzene rings is 2. The third kappa shape index (κ3) is 6.04. The third-order valence-electron chi connectivity index (χ3n) is 3.10. The Bertz CT molecular complexity index is 646. The van der Waals surface area contributed by atoms with Gasteiger partial charge in [0.2, 0.25) is 0 Å². The fourth-order valence-electron chi connectivity index (χ4n) is 1.98. The van der Waals surface area contributed by atoms with Crippen molar-refractivity contribution in [3.05, 3.63) is 65.2 Å². The van der Waals surface area contributed by atoms with Gasteiger partial charge in [-0.25, -0.2) is 0 Å². The van der Waals surface area contributed by atoms with Crippen LogP contribution in [0.3, 0.4) is 0 Å². The van der Waals surface area contributed by atoms with Crippen LogP contribution in [0, 0.1) is 0 Å². The topological polar surface area (TPSA) is 61.7 Å². The lowest BCUT2D eigenvalue weighted by molar-refractivity contribution is 0.0151. The zero-order chi connectivity index (χ0) is 16.5. The van der Waals surface area contributed by atoms with E-state index in [2.05, 4.69) is 5.32 Å². The van der Waals surface area contributed by atoms with Crippen molar-refractivity contribution in [3.8, 4) is 0 Å². The van der Waals surface area contributed by atoms with E-state index < -0.39 is 6.10 Å². The maximum Gasteiger partial charge on any atom is 0.100 e. The number of aliphatic hydroxyl groups is 2. The molecule has 5 heteroatoms. The molecule has 122 valence electrons. The van der Waals surface area contributed by atoms with Crippen LogP contribution in [0.25, 0.3) is 6.08 Å². The molecule has 0 spiro atoms. The second kappa shape index (κ2) is 9.33. The van der Waals surface area contributed by atoms with Crippen molar-refractivity contribution in [3.63, 3.8) is 0 Å². The summed E-state index contributed by atoms with van der Waals surface area (Å²) in [6.07, 6.45) is 2.97. The van der Waals surface area contributed by atoms with Crippen LogP contribution in [-0.4, -0.2) is 36.1 Å². The number of ether oxygens (including phenoxy) is 1. The Hall–Kier alpha value is -1.85. The highest BCUT2D eigenvalue weighted by Crippen LogP contribution is 2.23. The zero-order valence-corrected chi connectivity index (χ0v) is 13.4. The summed E-state index contributed by atoms with van der Waals surface area (Å²) in [7, 11) is 0. The molecule has 23 heavy (non-hydrogen) atoms. The van der Waals surface area contributed by atoms with Crippen LogP contribution in [0.1, 0.15) is 5.56 Å². The fraction of sp³-hybridized carbons (Fsp3) is 0.222. The van der Waals surface area contributed by atoms with Gasteiger partial charge in [-0.05, 0) is 29.8 Å². The number of anilines is 2. The van der Waals surface area contributed by atoms with Crippen LogP contribution in [0.2, 0.25) is 5.02 Å². The first kappa shape index (κ1) is 17.5. The van der Waals surface area contributed by atoms with Gasteiger partial charge in [0.05, 0.1) is 19.8 Å². The van der Waals surface area contributed by atoms with Gasteiger partial charge in [0.1, 0.15) is 6.10 Å². The minimum atomic E-state index is -0.833. The van der Waals surface area contributed by atoms with Gasteiger partial charge in [-0.1, -0.05) is 48.0 Å². The van der Waals surface area contributed by atoms with Crippen LogP contribution in [-0.2, 0) is 4.74 Å². The van der Waals surface area contributed by atoms with Crippen LogP contribution < -0.4 is 5.32 Å². The van der Waals surface area contributed by atoms with Gasteiger partial charge in [0.25, 0.3) is 0 Å². The van der Waals surface area contributed by atoms with Gasteiger partial charge in [-0.3, -0.25) is 0 Å². The van der Waals surface area contributed by atoms with Crippen molar-refractivity contribution in [2.24, 2.45) is 0 Å². The summed E-state index contributed by atoms with van der Waals surface area (Å²) in [5.41, 5.74) is 2.89. The van der Waals surface area contributed by atoms with E-state index in [9.17, 15) is 5.11 Å². The van der Waals surface area contributed by atoms with Crippen molar-refractivity contribution in [2.45, 2.75) is 6.10 Å². The highest BCUT2D eigenvalue weighted by molar-refractivity contribution is 6.30. The molecule has 1 atom stereocenters. The molecule has 0 saturated heterocycles. The summed E-state index contributed by atoms with van der Waals surface area (Å²) in [5, 5.41) is 21.9. The molecule has 0 aromatic heterocycles. The Morgan fingerprint density at radius 2 is 2.00 bits per heavy atom. The quantitative estimate of drug-likeness (QED) is 0.647. The van der Waals surface area contributed by atoms with Crippen molar-refractivity contribution in [1.29, 1.82) is 0 Å². The predicted molar refractivity (Wildman–Crippen MR) is 94.1 cm³/mol. The molecule has 0 aliphatic rings. The maximum atomic E-state index is 9.19. The monoisotopic (exact) mass is 333 g/mol. The van der Waals surface area contributed by atoms with Gasteiger partial charge < -0.3 is 20.3 Å². The van der Waals surface area contributed by atoms with Gasteiger partial charge in [0.15, 0.2) is 0 Å². The van der Waals surface area contributed by atoms with Crippen LogP contribution in [0.4, 0.5) is 11.4 Å². The molecule has 0 amide bonds. The number of aliphatic hydroxyl groups excluding tert-OH is 2. The smallest absolute Gasteiger partial charge is 0.100 e. The van der Waals surface area contributed by atoms with Crippen molar-refractivity contribution >= 4 is 29.1 Å². The standard InChI is InChI=1S/C18H20ClNO3/c19-15-7-3-8-16(11-15)20-18-9-2-1-5-14(18)6-4-10-23-13-17(22)12-21/h1-9,11,17,20-22H,10,12-13H2/b6-4+. The molecular formula is C18H20ClNO3. The largest absolute Gasteiger partial charge is 0.394 e. The first-order valence-corrected chi connectivity index (χ1v) is 7.71. The van der Waals surface area contributed by atoms with Gasteiger partial charge in [0, 0.05) is 16.4 Å². The Morgan fingerprint density at radius 3 is 2.78 bits per heavy atom. The summed E-state index contributed by atoms with van der Waals surface area (Å²) >= 11 is 6.00. The predicted octanol–water partition coefficient (Wildman–Crippen LogP) is 3.47. The molecule has 2 aromatic carbocycles. The molecule has 0 aliphatic carbocycles. The Kier molecular flexibility index (Phi) is 7.10. The van der Waals surface area contributed by atoms with Crippen LogP contribution >= 0.6 is 11.6 Å². The average molecular weight is 334 g/mol. The molecule has 3 N–H and O–H groups in total. The summed E-state index contributed by atoms with van der Waals surface area (Å²) in [6.45, 7) is 0.182. The summed E-state index contributed by atoms with van der Waals surface area (Å²) in [6, 6.07) is 15.4. The molecule has 0 bridgehead atoms. The van der Waals surface area contributed by atoms with Crippen molar-refractivity contribution in [2.75, 3.05) is 25.1 Å². The fourth-order valence-corrected chi connectivity index (χ4v) is 2.17. The van der Waals surface area contributed by atoms with Crippen molar-refractivity contribution < 1.29 is 14.9 Å². The van der Waals surface area contributed by atoms with E-state index in [1.165, 1.54) is 0 Å². The number of hydrogen-bond donors (Lipinski definition) is 3.